The number of nitrogens with one attached hydrogen (secondary N) is 1. The lowest BCUT2D eigenvalue weighted by molar-refractivity contribution is -0.121. The average molecular weight is 381 g/mol. The van der Waals surface area contributed by atoms with Gasteiger partial charge in [0.25, 0.3) is 5.91 Å². The van der Waals surface area contributed by atoms with Crippen molar-refractivity contribution >= 4 is 11.8 Å². The zero-order valence-electron chi connectivity index (χ0n) is 16.2. The summed E-state index contributed by atoms with van der Waals surface area (Å²) >= 11 is 0. The Labute approximate surface area is 166 Å². The van der Waals surface area contributed by atoms with E-state index in [1.165, 1.54) is 10.5 Å². The minimum Gasteiger partial charge on any atom is -0.379 e. The van der Waals surface area contributed by atoms with Crippen molar-refractivity contribution in [1.82, 2.24) is 15.1 Å². The van der Waals surface area contributed by atoms with Gasteiger partial charge in [-0.15, -0.1) is 0 Å². The SMILES string of the molecule is CN(CC(=O)NCC(c1ccccc1)N1CCOCC1)C(=O)c1ccccc1. The third kappa shape index (κ3) is 5.41. The number of benzene rings is 2. The molecule has 2 aromatic rings. The average Bonchev–Trinajstić information content (AvgIpc) is 2.75. The smallest absolute Gasteiger partial charge is 0.254 e. The molecule has 28 heavy (non-hydrogen) atoms. The highest BCUT2D eigenvalue weighted by Gasteiger charge is 2.23. The first-order chi connectivity index (χ1) is 13.6. The van der Waals surface area contributed by atoms with E-state index < -0.39 is 0 Å². The zero-order chi connectivity index (χ0) is 19.8. The van der Waals surface area contributed by atoms with Crippen LogP contribution in [-0.4, -0.2) is 68.1 Å². The number of likely N-dealkylation sites (N-methyl/N-ethyl adjacent to an activating group) is 1. The minimum absolute atomic E-state index is 0.0261. The van der Waals surface area contributed by atoms with Gasteiger partial charge in [-0.2, -0.15) is 0 Å². The van der Waals surface area contributed by atoms with E-state index in [1.807, 2.05) is 36.4 Å². The van der Waals surface area contributed by atoms with Crippen LogP contribution >= 0.6 is 0 Å². The van der Waals surface area contributed by atoms with Crippen LogP contribution < -0.4 is 5.32 Å². The summed E-state index contributed by atoms with van der Waals surface area (Å²) in [6.07, 6.45) is 0. The van der Waals surface area contributed by atoms with E-state index in [2.05, 4.69) is 22.3 Å². The normalized spacial score (nSPS) is 15.6. The van der Waals surface area contributed by atoms with Crippen LogP contribution in [-0.2, 0) is 9.53 Å². The van der Waals surface area contributed by atoms with Crippen LogP contribution in [0.4, 0.5) is 0 Å². The van der Waals surface area contributed by atoms with Crippen LogP contribution in [0.3, 0.4) is 0 Å². The Kier molecular flexibility index (Phi) is 7.17. The van der Waals surface area contributed by atoms with E-state index in [0.717, 1.165) is 13.1 Å². The number of hydrogen-bond donors (Lipinski definition) is 1. The van der Waals surface area contributed by atoms with E-state index in [4.69, 9.17) is 4.74 Å². The highest BCUT2D eigenvalue weighted by atomic mass is 16.5. The zero-order valence-corrected chi connectivity index (χ0v) is 16.2. The van der Waals surface area contributed by atoms with Crippen LogP contribution in [0.15, 0.2) is 60.7 Å². The Balaban J connectivity index is 1.58. The van der Waals surface area contributed by atoms with Gasteiger partial charge in [-0.1, -0.05) is 48.5 Å². The molecule has 1 fully saturated rings. The predicted molar refractivity (Wildman–Crippen MR) is 108 cm³/mol. The molecule has 0 saturated carbocycles. The fourth-order valence-corrected chi connectivity index (χ4v) is 3.38. The summed E-state index contributed by atoms with van der Waals surface area (Å²) in [5.41, 5.74) is 1.74. The monoisotopic (exact) mass is 381 g/mol. The lowest BCUT2D eigenvalue weighted by Gasteiger charge is -2.35. The topological polar surface area (TPSA) is 61.9 Å². The number of amides is 2. The Morgan fingerprint density at radius 2 is 1.64 bits per heavy atom. The first kappa shape index (κ1) is 20.0. The van der Waals surface area contributed by atoms with E-state index in [9.17, 15) is 9.59 Å². The van der Waals surface area contributed by atoms with Crippen molar-refractivity contribution in [1.29, 1.82) is 0 Å². The first-order valence-corrected chi connectivity index (χ1v) is 9.59. The highest BCUT2D eigenvalue weighted by Crippen LogP contribution is 2.21. The molecule has 1 heterocycles. The fraction of sp³-hybridized carbons (Fsp3) is 0.364. The van der Waals surface area contributed by atoms with Crippen molar-refractivity contribution in [3.8, 4) is 0 Å². The van der Waals surface area contributed by atoms with E-state index in [-0.39, 0.29) is 24.4 Å². The predicted octanol–water partition coefficient (Wildman–Crippen LogP) is 1.95. The van der Waals surface area contributed by atoms with Crippen LogP contribution in [0.25, 0.3) is 0 Å². The molecule has 0 spiro atoms. The third-order valence-corrected chi connectivity index (χ3v) is 4.91. The molecule has 6 heteroatoms. The molecule has 3 rings (SSSR count). The molecule has 6 nitrogen and oxygen atoms in total. The largest absolute Gasteiger partial charge is 0.379 e. The number of ether oxygens (including phenoxy) is 1. The molecule has 2 aromatic carbocycles. The number of carbonyl (C=O) groups is 2. The molecule has 1 saturated heterocycles. The summed E-state index contributed by atoms with van der Waals surface area (Å²) in [5.74, 6) is -0.329. The van der Waals surface area contributed by atoms with E-state index in [1.54, 1.807) is 19.2 Å². The first-order valence-electron chi connectivity index (χ1n) is 9.59. The van der Waals surface area contributed by atoms with Gasteiger partial charge in [0.2, 0.25) is 5.91 Å². The maximum absolute atomic E-state index is 12.5. The van der Waals surface area contributed by atoms with Gasteiger partial charge < -0.3 is 15.0 Å². The number of hydrogen-bond acceptors (Lipinski definition) is 4. The molecule has 148 valence electrons. The number of nitrogens with zero attached hydrogens (tertiary/aromatic N) is 2. The molecule has 2 amide bonds. The Morgan fingerprint density at radius 3 is 2.29 bits per heavy atom. The summed E-state index contributed by atoms with van der Waals surface area (Å²) in [4.78, 5) is 28.6. The minimum atomic E-state index is -0.166. The molecule has 0 radical (unpaired) electrons. The van der Waals surface area contributed by atoms with Gasteiger partial charge in [0.05, 0.1) is 25.8 Å². The second kappa shape index (κ2) is 10.0. The molecule has 1 N–H and O–H groups in total. The molecule has 1 atom stereocenters. The molecule has 1 unspecified atom stereocenters. The van der Waals surface area contributed by atoms with Crippen molar-refractivity contribution in [2.75, 3.05) is 46.4 Å². The van der Waals surface area contributed by atoms with Crippen molar-refractivity contribution < 1.29 is 14.3 Å². The van der Waals surface area contributed by atoms with Crippen LogP contribution in [0.5, 0.6) is 0 Å². The summed E-state index contributed by atoms with van der Waals surface area (Å²) in [6.45, 7) is 3.59. The van der Waals surface area contributed by atoms with Crippen molar-refractivity contribution in [3.63, 3.8) is 0 Å². The summed E-state index contributed by atoms with van der Waals surface area (Å²) in [5, 5.41) is 3.00. The van der Waals surface area contributed by atoms with Crippen LogP contribution in [0, 0.1) is 0 Å². The van der Waals surface area contributed by atoms with Gasteiger partial charge in [-0.3, -0.25) is 14.5 Å². The second-order valence-corrected chi connectivity index (χ2v) is 6.91. The third-order valence-electron chi connectivity index (χ3n) is 4.91. The lowest BCUT2D eigenvalue weighted by atomic mass is 10.0. The second-order valence-electron chi connectivity index (χ2n) is 6.91. The molecule has 1 aliphatic heterocycles. The molecule has 0 bridgehead atoms. The molecule has 1 aliphatic rings. The Morgan fingerprint density at radius 1 is 1.04 bits per heavy atom. The van der Waals surface area contributed by atoms with Gasteiger partial charge >= 0.3 is 0 Å². The Hall–Kier alpha value is -2.70. The quantitative estimate of drug-likeness (QED) is 0.796. The van der Waals surface area contributed by atoms with Crippen LogP contribution in [0.1, 0.15) is 22.0 Å². The van der Waals surface area contributed by atoms with Gasteiger partial charge in [-0.25, -0.2) is 0 Å². The number of carbonyl (C=O) groups excluding carboxylic acids is 2. The van der Waals surface area contributed by atoms with Gasteiger partial charge in [0.15, 0.2) is 0 Å². The molecular formula is C22H27N3O3. The van der Waals surface area contributed by atoms with Gasteiger partial charge in [0.1, 0.15) is 0 Å². The van der Waals surface area contributed by atoms with Crippen molar-refractivity contribution in [3.05, 3.63) is 71.8 Å². The number of rotatable bonds is 7. The van der Waals surface area contributed by atoms with Crippen LogP contribution in [0.2, 0.25) is 0 Å². The van der Waals surface area contributed by atoms with Gasteiger partial charge in [0, 0.05) is 32.2 Å². The standard InChI is InChI=1S/C22H27N3O3/c1-24(22(27)19-10-6-3-7-11-19)17-21(26)23-16-20(18-8-4-2-5-9-18)25-12-14-28-15-13-25/h2-11,20H,12-17H2,1H3,(H,23,26). The van der Waals surface area contributed by atoms with E-state index in [0.29, 0.717) is 25.3 Å². The molecular weight excluding hydrogens is 354 g/mol. The maximum atomic E-state index is 12.5. The Bertz CT molecular complexity index is 761. The summed E-state index contributed by atoms with van der Waals surface area (Å²) in [7, 11) is 1.64. The summed E-state index contributed by atoms with van der Waals surface area (Å²) in [6, 6.07) is 19.2. The lowest BCUT2D eigenvalue weighted by Crippen LogP contribution is -2.45. The number of morpholine rings is 1. The van der Waals surface area contributed by atoms with Crippen molar-refractivity contribution in [2.45, 2.75) is 6.04 Å². The molecule has 0 aliphatic carbocycles. The maximum Gasteiger partial charge on any atom is 0.254 e. The summed E-state index contributed by atoms with van der Waals surface area (Å²) < 4.78 is 5.46. The molecule has 0 aromatic heterocycles. The van der Waals surface area contributed by atoms with E-state index >= 15 is 0 Å². The fourth-order valence-electron chi connectivity index (χ4n) is 3.38. The van der Waals surface area contributed by atoms with Crippen molar-refractivity contribution in [2.24, 2.45) is 0 Å². The van der Waals surface area contributed by atoms with Gasteiger partial charge in [-0.05, 0) is 17.7 Å². The highest BCUT2D eigenvalue weighted by molar-refractivity contribution is 5.96.